The van der Waals surface area contributed by atoms with Crippen LogP contribution in [0.2, 0.25) is 0 Å². The molecule has 5 rings (SSSR count). The van der Waals surface area contributed by atoms with E-state index in [1.54, 1.807) is 42.7 Å². The van der Waals surface area contributed by atoms with Gasteiger partial charge in [-0.05, 0) is 45.4 Å². The van der Waals surface area contributed by atoms with Gasteiger partial charge in [-0.25, -0.2) is 14.6 Å². The van der Waals surface area contributed by atoms with Gasteiger partial charge in [-0.1, -0.05) is 43.4 Å². The maximum absolute atomic E-state index is 13.8. The minimum Gasteiger partial charge on any atom is -0.467 e. The van der Waals surface area contributed by atoms with Crippen LogP contribution in [-0.2, 0) is 30.7 Å². The highest BCUT2D eigenvalue weighted by Gasteiger charge is 2.45. The molecule has 0 spiro atoms. The van der Waals surface area contributed by atoms with Crippen LogP contribution in [0.4, 0.5) is 0 Å². The number of benzene rings is 2. The number of hydrogen-bond donors (Lipinski definition) is 0. The van der Waals surface area contributed by atoms with Crippen molar-refractivity contribution in [3.63, 3.8) is 0 Å². The molecule has 5 atom stereocenters. The average molecular weight is 591 g/mol. The van der Waals surface area contributed by atoms with Gasteiger partial charge < -0.3 is 33.0 Å². The Labute approximate surface area is 251 Å². The number of cyclic esters (lactones) is 1. The van der Waals surface area contributed by atoms with E-state index in [-0.39, 0.29) is 18.3 Å². The fourth-order valence-corrected chi connectivity index (χ4v) is 5.28. The quantitative estimate of drug-likeness (QED) is 0.218. The van der Waals surface area contributed by atoms with Crippen molar-refractivity contribution < 1.29 is 38.0 Å². The van der Waals surface area contributed by atoms with E-state index in [4.69, 9.17) is 28.4 Å². The van der Waals surface area contributed by atoms with E-state index in [0.717, 1.165) is 5.52 Å². The first kappa shape index (κ1) is 30.5. The average Bonchev–Trinajstić information content (AvgIpc) is 3.51. The molecule has 10 heteroatoms. The third kappa shape index (κ3) is 6.66. The number of aryl methyl sites for hydroxylation is 1. The molecule has 1 unspecified atom stereocenters. The Balaban J connectivity index is 1.58. The van der Waals surface area contributed by atoms with Gasteiger partial charge in [-0.2, -0.15) is 0 Å². The number of ether oxygens (including phenoxy) is 6. The van der Waals surface area contributed by atoms with E-state index < -0.39 is 42.1 Å². The summed E-state index contributed by atoms with van der Waals surface area (Å²) in [6.45, 7) is 7.36. The fraction of sp³-hybridized carbons (Fsp3) is 0.424. The molecule has 0 N–H and O–H groups in total. The lowest BCUT2D eigenvalue weighted by atomic mass is 9.98. The maximum Gasteiger partial charge on any atom is 0.342 e. The van der Waals surface area contributed by atoms with Gasteiger partial charge in [0, 0.05) is 31.7 Å². The number of imidazole rings is 1. The van der Waals surface area contributed by atoms with Crippen molar-refractivity contribution in [1.29, 1.82) is 0 Å². The molecule has 0 saturated carbocycles. The molecule has 3 heterocycles. The minimum atomic E-state index is -0.909. The number of carbonyl (C=O) groups is 2. The number of carbonyl (C=O) groups excluding carboxylic acids is 2. The molecule has 10 nitrogen and oxygen atoms in total. The fourth-order valence-electron chi connectivity index (χ4n) is 5.28. The summed E-state index contributed by atoms with van der Waals surface area (Å²) >= 11 is 0. The van der Waals surface area contributed by atoms with E-state index in [9.17, 15) is 9.59 Å². The zero-order chi connectivity index (χ0) is 30.7. The Hall–Kier alpha value is -3.99. The normalized spacial score (nSPS) is 25.4. The summed E-state index contributed by atoms with van der Waals surface area (Å²) in [6, 6.07) is 10.6. The summed E-state index contributed by atoms with van der Waals surface area (Å²) in [5.41, 5.74) is 2.65. The lowest BCUT2D eigenvalue weighted by Crippen LogP contribution is -2.37. The molecular weight excluding hydrogens is 552 g/mol. The summed E-state index contributed by atoms with van der Waals surface area (Å²) in [6.07, 6.45) is 7.15. The molecule has 1 aromatic heterocycles. The number of rotatable bonds is 5. The zero-order valence-electron chi connectivity index (χ0n) is 25.3. The largest absolute Gasteiger partial charge is 0.467 e. The molecule has 2 aliphatic rings. The second kappa shape index (κ2) is 12.7. The molecule has 228 valence electrons. The smallest absolute Gasteiger partial charge is 0.342 e. The Morgan fingerprint density at radius 2 is 1.91 bits per heavy atom. The molecule has 0 amide bonds. The Morgan fingerprint density at radius 3 is 2.65 bits per heavy atom. The van der Waals surface area contributed by atoms with E-state index in [2.05, 4.69) is 4.98 Å². The Kier molecular flexibility index (Phi) is 9.00. The minimum absolute atomic E-state index is 0.0470. The van der Waals surface area contributed by atoms with Gasteiger partial charge in [0.05, 0.1) is 29.0 Å². The highest BCUT2D eigenvalue weighted by Crippen LogP contribution is 2.36. The Morgan fingerprint density at radius 1 is 1.14 bits per heavy atom. The van der Waals surface area contributed by atoms with E-state index in [1.165, 1.54) is 7.11 Å². The highest BCUT2D eigenvalue weighted by atomic mass is 16.8. The van der Waals surface area contributed by atoms with Crippen molar-refractivity contribution in [2.24, 2.45) is 13.0 Å². The van der Waals surface area contributed by atoms with Crippen LogP contribution in [-0.4, -0.2) is 65.6 Å². The molecule has 0 radical (unpaired) electrons. The van der Waals surface area contributed by atoms with Crippen molar-refractivity contribution in [3.05, 3.63) is 77.6 Å². The highest BCUT2D eigenvalue weighted by molar-refractivity contribution is 6.04. The second-order valence-corrected chi connectivity index (χ2v) is 11.3. The predicted molar refractivity (Wildman–Crippen MR) is 160 cm³/mol. The molecule has 1 fully saturated rings. The Bertz CT molecular complexity index is 1530. The lowest BCUT2D eigenvalue weighted by Gasteiger charge is -2.25. The van der Waals surface area contributed by atoms with Crippen molar-refractivity contribution in [3.8, 4) is 5.75 Å². The number of aromatic nitrogens is 2. The third-order valence-corrected chi connectivity index (χ3v) is 7.65. The summed E-state index contributed by atoms with van der Waals surface area (Å²) in [5.74, 6) is -1.83. The number of fused-ring (bicyclic) bond motifs is 4. The SMILES string of the molecule is COCOc1cc2c(ncn2C)c2c1C(=O)O[C@@H](C)[C@H](C)C=CC(OC(=O)c1ccccc1)[C@H]1OC(C)(C)O[C@H]1CC=C2. The summed E-state index contributed by atoms with van der Waals surface area (Å²) < 4.78 is 37.5. The van der Waals surface area contributed by atoms with Crippen LogP contribution in [0.25, 0.3) is 17.1 Å². The van der Waals surface area contributed by atoms with E-state index in [0.29, 0.717) is 28.8 Å². The molecule has 43 heavy (non-hydrogen) atoms. The van der Waals surface area contributed by atoms with E-state index >= 15 is 0 Å². The van der Waals surface area contributed by atoms with E-state index in [1.807, 2.05) is 63.6 Å². The van der Waals surface area contributed by atoms with Crippen LogP contribution >= 0.6 is 0 Å². The van der Waals surface area contributed by atoms with Crippen molar-refractivity contribution in [2.45, 2.75) is 64.3 Å². The van der Waals surface area contributed by atoms with Gasteiger partial charge in [0.2, 0.25) is 0 Å². The predicted octanol–water partition coefficient (Wildman–Crippen LogP) is 5.46. The van der Waals surface area contributed by atoms with Crippen LogP contribution in [0.1, 0.15) is 60.4 Å². The van der Waals surface area contributed by atoms with Crippen LogP contribution < -0.4 is 4.74 Å². The molecule has 3 aromatic rings. The van der Waals surface area contributed by atoms with Crippen molar-refractivity contribution >= 4 is 29.0 Å². The summed E-state index contributed by atoms with van der Waals surface area (Å²) in [4.78, 5) is 31.5. The molecule has 2 aliphatic heterocycles. The van der Waals surface area contributed by atoms with Gasteiger partial charge >= 0.3 is 11.9 Å². The van der Waals surface area contributed by atoms with Gasteiger partial charge in [0.25, 0.3) is 0 Å². The number of hydrogen-bond acceptors (Lipinski definition) is 9. The second-order valence-electron chi connectivity index (χ2n) is 11.3. The number of esters is 2. The lowest BCUT2D eigenvalue weighted by molar-refractivity contribution is -0.152. The molecular formula is C33H38N2O8. The first-order chi connectivity index (χ1) is 20.6. The molecule has 0 aliphatic carbocycles. The topological polar surface area (TPSA) is 107 Å². The maximum atomic E-state index is 13.8. The van der Waals surface area contributed by atoms with Gasteiger partial charge in [-0.3, -0.25) is 0 Å². The van der Waals surface area contributed by atoms with Crippen LogP contribution in [0, 0.1) is 5.92 Å². The van der Waals surface area contributed by atoms with Gasteiger partial charge in [-0.15, -0.1) is 0 Å². The molecule has 2 aromatic carbocycles. The summed E-state index contributed by atoms with van der Waals surface area (Å²) in [5, 5.41) is 0. The molecule has 1 saturated heterocycles. The first-order valence-corrected chi connectivity index (χ1v) is 14.3. The van der Waals surface area contributed by atoms with Gasteiger partial charge in [0.1, 0.15) is 29.6 Å². The standard InChI is InChI=1S/C33H38N2O8/c1-20-15-16-25(41-31(36)22-11-8-7-9-12-22)30-26(42-33(3,4)43-30)14-10-13-23-28(32(37)40-21(20)2)27(39-19-38-6)17-24-29(23)34-18-35(24)5/h7-13,15-18,20-21,25-26,30H,14,19H2,1-6H3/t20-,21+,25?,26+,30-/m1/s1. The third-order valence-electron chi connectivity index (χ3n) is 7.65. The molecule has 0 bridgehead atoms. The zero-order valence-corrected chi connectivity index (χ0v) is 25.3. The first-order valence-electron chi connectivity index (χ1n) is 14.3. The summed E-state index contributed by atoms with van der Waals surface area (Å²) in [7, 11) is 3.39. The monoisotopic (exact) mass is 590 g/mol. The van der Waals surface area contributed by atoms with Crippen LogP contribution in [0.15, 0.2) is 61.0 Å². The number of methoxy groups -OCH3 is 1. The van der Waals surface area contributed by atoms with Crippen LogP contribution in [0.5, 0.6) is 5.75 Å². The number of nitrogens with zero attached hydrogens (tertiary/aromatic N) is 2. The van der Waals surface area contributed by atoms with Crippen LogP contribution in [0.3, 0.4) is 0 Å². The van der Waals surface area contributed by atoms with Crippen molar-refractivity contribution in [1.82, 2.24) is 9.55 Å². The van der Waals surface area contributed by atoms with Gasteiger partial charge in [0.15, 0.2) is 12.6 Å². The van der Waals surface area contributed by atoms with Crippen molar-refractivity contribution in [2.75, 3.05) is 13.9 Å².